The average molecular weight is 390 g/mol. The number of nitrogens with one attached hydrogen (secondary N) is 3. The van der Waals surface area contributed by atoms with Gasteiger partial charge in [0.25, 0.3) is 5.91 Å². The fourth-order valence-corrected chi connectivity index (χ4v) is 4.25. The molecule has 25 heavy (non-hydrogen) atoms. The zero-order chi connectivity index (χ0) is 17.2. The Bertz CT molecular complexity index is 716. The van der Waals surface area contributed by atoms with Crippen LogP contribution in [-0.2, 0) is 10.0 Å². The molecule has 3 N–H and O–H groups in total. The first-order valence-corrected chi connectivity index (χ1v) is 9.70. The molecule has 1 aromatic rings. The van der Waals surface area contributed by atoms with Crippen LogP contribution in [-0.4, -0.2) is 46.6 Å². The molecule has 1 saturated heterocycles. The molecule has 0 bridgehead atoms. The number of hydrogen-bond donors (Lipinski definition) is 3. The topological polar surface area (TPSA) is 96.5 Å². The molecular formula is C16H24ClN3O4S. The van der Waals surface area contributed by atoms with Crippen LogP contribution in [0.3, 0.4) is 0 Å². The van der Waals surface area contributed by atoms with Crippen LogP contribution < -0.4 is 20.1 Å². The zero-order valence-electron chi connectivity index (χ0n) is 14.1. The number of amides is 1. The molecule has 1 saturated carbocycles. The Kier molecular flexibility index (Phi) is 6.67. The summed E-state index contributed by atoms with van der Waals surface area (Å²) in [5, 5.41) is 6.21. The summed E-state index contributed by atoms with van der Waals surface area (Å²) in [5.74, 6) is -0.0195. The first-order valence-electron chi connectivity index (χ1n) is 8.21. The summed E-state index contributed by atoms with van der Waals surface area (Å²) in [7, 11) is -2.28. The van der Waals surface area contributed by atoms with Gasteiger partial charge in [0.05, 0.1) is 7.11 Å². The van der Waals surface area contributed by atoms with E-state index in [0.29, 0.717) is 5.56 Å². The number of piperidine rings is 1. The van der Waals surface area contributed by atoms with E-state index >= 15 is 0 Å². The number of halogens is 1. The van der Waals surface area contributed by atoms with Gasteiger partial charge in [-0.1, -0.05) is 0 Å². The van der Waals surface area contributed by atoms with Crippen LogP contribution in [0.25, 0.3) is 0 Å². The molecule has 140 valence electrons. The third kappa shape index (κ3) is 5.07. The highest BCUT2D eigenvalue weighted by atomic mass is 35.5. The van der Waals surface area contributed by atoms with Crippen LogP contribution in [0.4, 0.5) is 0 Å². The number of sulfonamides is 1. The van der Waals surface area contributed by atoms with Crippen LogP contribution in [0.1, 0.15) is 36.0 Å². The number of hydrogen-bond acceptors (Lipinski definition) is 5. The van der Waals surface area contributed by atoms with Crippen LogP contribution in [0.2, 0.25) is 0 Å². The van der Waals surface area contributed by atoms with E-state index in [1.165, 1.54) is 19.2 Å². The normalized spacial score (nSPS) is 18.3. The Balaban J connectivity index is 0.00000225. The van der Waals surface area contributed by atoms with Crippen LogP contribution in [0.5, 0.6) is 5.75 Å². The summed E-state index contributed by atoms with van der Waals surface area (Å²) in [5.41, 5.74) is 0.325. The number of carbonyl (C=O) groups excluding carboxylic acids is 1. The Morgan fingerprint density at radius 3 is 2.44 bits per heavy atom. The first kappa shape index (κ1) is 20.0. The summed E-state index contributed by atoms with van der Waals surface area (Å²) < 4.78 is 32.8. The Morgan fingerprint density at radius 2 is 1.84 bits per heavy atom. The molecule has 2 fully saturated rings. The number of benzene rings is 1. The molecule has 1 aliphatic carbocycles. The summed E-state index contributed by atoms with van der Waals surface area (Å²) >= 11 is 0. The molecule has 2 aliphatic rings. The lowest BCUT2D eigenvalue weighted by molar-refractivity contribution is 0.0929. The molecule has 7 nitrogen and oxygen atoms in total. The fourth-order valence-electron chi connectivity index (χ4n) is 2.75. The van der Waals surface area contributed by atoms with E-state index in [1.54, 1.807) is 6.07 Å². The molecule has 1 heterocycles. The predicted octanol–water partition coefficient (Wildman–Crippen LogP) is 1.04. The minimum Gasteiger partial charge on any atom is -0.495 e. The Labute approximate surface area is 154 Å². The Morgan fingerprint density at radius 1 is 1.16 bits per heavy atom. The van der Waals surface area contributed by atoms with Gasteiger partial charge in [0.2, 0.25) is 10.0 Å². The van der Waals surface area contributed by atoms with E-state index in [1.807, 2.05) is 0 Å². The van der Waals surface area contributed by atoms with Gasteiger partial charge in [0.15, 0.2) is 0 Å². The second kappa shape index (κ2) is 8.35. The summed E-state index contributed by atoms with van der Waals surface area (Å²) in [6, 6.07) is 4.61. The van der Waals surface area contributed by atoms with E-state index in [0.717, 1.165) is 38.8 Å². The first-order chi connectivity index (χ1) is 11.5. The van der Waals surface area contributed by atoms with Gasteiger partial charge in [-0.05, 0) is 57.0 Å². The van der Waals surface area contributed by atoms with Crippen molar-refractivity contribution in [2.45, 2.75) is 42.7 Å². The van der Waals surface area contributed by atoms with Crippen LogP contribution in [0, 0.1) is 0 Å². The molecule has 0 atom stereocenters. The minimum absolute atomic E-state index is 0. The third-order valence-electron chi connectivity index (χ3n) is 4.29. The van der Waals surface area contributed by atoms with Gasteiger partial charge in [-0.25, -0.2) is 13.1 Å². The van der Waals surface area contributed by atoms with Gasteiger partial charge >= 0.3 is 0 Å². The van der Waals surface area contributed by atoms with Gasteiger partial charge in [0.1, 0.15) is 10.6 Å². The summed E-state index contributed by atoms with van der Waals surface area (Å²) in [6.07, 6.45) is 3.43. The summed E-state index contributed by atoms with van der Waals surface area (Å²) in [6.45, 7) is 1.75. The molecular weight excluding hydrogens is 366 g/mol. The average Bonchev–Trinajstić information content (AvgIpc) is 3.38. The van der Waals surface area contributed by atoms with Crippen molar-refractivity contribution in [1.82, 2.24) is 15.4 Å². The van der Waals surface area contributed by atoms with Crippen LogP contribution >= 0.6 is 12.4 Å². The predicted molar refractivity (Wildman–Crippen MR) is 96.9 cm³/mol. The molecule has 0 aromatic heterocycles. The highest BCUT2D eigenvalue weighted by Crippen LogP contribution is 2.28. The SMILES string of the molecule is COc1ccc(C(=O)NC2CCNCC2)cc1S(=O)(=O)NC1CC1.Cl. The maximum atomic E-state index is 12.5. The lowest BCUT2D eigenvalue weighted by Gasteiger charge is -2.23. The van der Waals surface area contributed by atoms with Crippen molar-refractivity contribution >= 4 is 28.3 Å². The van der Waals surface area contributed by atoms with Crippen molar-refractivity contribution in [3.8, 4) is 5.75 Å². The molecule has 1 aliphatic heterocycles. The minimum atomic E-state index is -3.69. The van der Waals surface area contributed by atoms with Gasteiger partial charge < -0.3 is 15.4 Å². The van der Waals surface area contributed by atoms with Crippen molar-refractivity contribution in [3.63, 3.8) is 0 Å². The number of ether oxygens (including phenoxy) is 1. The smallest absolute Gasteiger partial charge is 0.251 e. The van der Waals surface area contributed by atoms with Crippen LogP contribution in [0.15, 0.2) is 23.1 Å². The van der Waals surface area contributed by atoms with Gasteiger partial charge in [-0.3, -0.25) is 4.79 Å². The number of methoxy groups -OCH3 is 1. The molecule has 0 radical (unpaired) electrons. The quantitative estimate of drug-likeness (QED) is 0.675. The molecule has 0 unspecified atom stereocenters. The van der Waals surface area contributed by atoms with E-state index in [9.17, 15) is 13.2 Å². The van der Waals surface area contributed by atoms with E-state index in [4.69, 9.17) is 4.74 Å². The monoisotopic (exact) mass is 389 g/mol. The van der Waals surface area contributed by atoms with E-state index in [2.05, 4.69) is 15.4 Å². The molecule has 3 rings (SSSR count). The maximum absolute atomic E-state index is 12.5. The van der Waals surface area contributed by atoms with Crippen molar-refractivity contribution in [2.24, 2.45) is 0 Å². The van der Waals surface area contributed by atoms with E-state index < -0.39 is 10.0 Å². The Hall–Kier alpha value is -1.35. The largest absolute Gasteiger partial charge is 0.495 e. The van der Waals surface area contributed by atoms with Gasteiger partial charge in [-0.2, -0.15) is 0 Å². The van der Waals surface area contributed by atoms with Crippen molar-refractivity contribution in [3.05, 3.63) is 23.8 Å². The third-order valence-corrected chi connectivity index (χ3v) is 5.83. The highest BCUT2D eigenvalue weighted by Gasteiger charge is 2.30. The fraction of sp³-hybridized carbons (Fsp3) is 0.562. The lowest BCUT2D eigenvalue weighted by Crippen LogP contribution is -2.42. The molecule has 1 aromatic carbocycles. The lowest BCUT2D eigenvalue weighted by atomic mass is 10.1. The second-order valence-electron chi connectivity index (χ2n) is 6.26. The molecule has 9 heteroatoms. The molecule has 0 spiro atoms. The number of carbonyl (C=O) groups is 1. The van der Waals surface area contributed by atoms with E-state index in [-0.39, 0.29) is 41.0 Å². The molecule has 1 amide bonds. The standard InChI is InChI=1S/C16H23N3O4S.ClH/c1-23-14-5-2-11(16(20)18-12-6-8-17-9-7-12)10-15(14)24(21,22)19-13-3-4-13;/h2,5,10,12-13,17,19H,3-4,6-9H2,1H3,(H,18,20);1H. The zero-order valence-corrected chi connectivity index (χ0v) is 15.7. The van der Waals surface area contributed by atoms with Crippen molar-refractivity contribution in [2.75, 3.05) is 20.2 Å². The second-order valence-corrected chi connectivity index (χ2v) is 7.94. The highest BCUT2D eigenvalue weighted by molar-refractivity contribution is 7.89. The van der Waals surface area contributed by atoms with Gasteiger partial charge in [-0.15, -0.1) is 12.4 Å². The van der Waals surface area contributed by atoms with Gasteiger partial charge in [0, 0.05) is 17.6 Å². The summed E-state index contributed by atoms with van der Waals surface area (Å²) in [4.78, 5) is 12.4. The maximum Gasteiger partial charge on any atom is 0.251 e. The van der Waals surface area contributed by atoms with Crippen molar-refractivity contribution in [1.29, 1.82) is 0 Å². The van der Waals surface area contributed by atoms with Crippen molar-refractivity contribution < 1.29 is 17.9 Å². The number of rotatable bonds is 6.